The number of nitriles is 1. The van der Waals surface area contributed by atoms with Crippen LogP contribution >= 0.6 is 0 Å². The fourth-order valence-corrected chi connectivity index (χ4v) is 2.77. The molecule has 33 heavy (non-hydrogen) atoms. The van der Waals surface area contributed by atoms with Crippen LogP contribution in [0.1, 0.15) is 36.2 Å². The number of benzene rings is 2. The van der Waals surface area contributed by atoms with Crippen molar-refractivity contribution in [3.05, 3.63) is 59.7 Å². The van der Waals surface area contributed by atoms with Crippen molar-refractivity contribution < 1.29 is 28.6 Å². The molecule has 0 saturated carbocycles. The summed E-state index contributed by atoms with van der Waals surface area (Å²) in [6, 6.07) is 13.2. The third-order valence-electron chi connectivity index (χ3n) is 4.32. The molecule has 2 aromatic carbocycles. The van der Waals surface area contributed by atoms with Gasteiger partial charge in [-0.25, -0.2) is 4.79 Å². The smallest absolute Gasteiger partial charge is 0.331 e. The Bertz CT molecular complexity index is 1050. The van der Waals surface area contributed by atoms with Crippen molar-refractivity contribution >= 4 is 29.4 Å². The molecule has 0 unspecified atom stereocenters. The minimum atomic E-state index is -0.676. The van der Waals surface area contributed by atoms with Gasteiger partial charge in [-0.3, -0.25) is 9.59 Å². The standard InChI is InChI=1S/C25H26N2O6/c1-17(2)14-24(29)27-20-8-6-19(7-9-20)21(28)16-33-25(30)11-5-18-4-10-22(32-13-12-26)23(15-18)31-3/h4-11,15,17H,13-14,16H2,1-3H3,(H,27,29)/b11-5+. The third kappa shape index (κ3) is 8.50. The molecule has 0 aliphatic carbocycles. The highest BCUT2D eigenvalue weighted by Crippen LogP contribution is 2.28. The van der Waals surface area contributed by atoms with E-state index in [0.29, 0.717) is 34.7 Å². The van der Waals surface area contributed by atoms with Gasteiger partial charge in [0.15, 0.2) is 30.5 Å². The van der Waals surface area contributed by atoms with Gasteiger partial charge in [-0.15, -0.1) is 0 Å². The molecule has 0 atom stereocenters. The number of hydrogen-bond donors (Lipinski definition) is 1. The number of anilines is 1. The van der Waals surface area contributed by atoms with Gasteiger partial charge in [0.1, 0.15) is 6.07 Å². The summed E-state index contributed by atoms with van der Waals surface area (Å²) >= 11 is 0. The molecule has 0 spiro atoms. The number of esters is 1. The van der Waals surface area contributed by atoms with Crippen LogP contribution < -0.4 is 14.8 Å². The Morgan fingerprint density at radius 3 is 2.45 bits per heavy atom. The number of rotatable bonds is 11. The number of hydrogen-bond acceptors (Lipinski definition) is 7. The van der Waals surface area contributed by atoms with Gasteiger partial charge in [0.05, 0.1) is 7.11 Å². The van der Waals surface area contributed by atoms with E-state index >= 15 is 0 Å². The van der Waals surface area contributed by atoms with E-state index in [-0.39, 0.29) is 24.2 Å². The Morgan fingerprint density at radius 2 is 1.82 bits per heavy atom. The van der Waals surface area contributed by atoms with Crippen molar-refractivity contribution in [2.75, 3.05) is 25.6 Å². The largest absolute Gasteiger partial charge is 0.493 e. The van der Waals surface area contributed by atoms with Gasteiger partial charge in [0.2, 0.25) is 5.91 Å². The van der Waals surface area contributed by atoms with Gasteiger partial charge < -0.3 is 19.5 Å². The lowest BCUT2D eigenvalue weighted by Crippen LogP contribution is -2.14. The zero-order valence-electron chi connectivity index (χ0n) is 18.8. The molecule has 8 heteroatoms. The lowest BCUT2D eigenvalue weighted by atomic mass is 10.1. The molecule has 0 saturated heterocycles. The lowest BCUT2D eigenvalue weighted by Gasteiger charge is -2.09. The van der Waals surface area contributed by atoms with Crippen molar-refractivity contribution in [1.29, 1.82) is 5.26 Å². The molecule has 0 aromatic heterocycles. The fraction of sp³-hybridized carbons (Fsp3) is 0.280. The second-order valence-electron chi connectivity index (χ2n) is 7.44. The van der Waals surface area contributed by atoms with Crippen LogP contribution in [0.25, 0.3) is 6.08 Å². The molecule has 1 N–H and O–H groups in total. The van der Waals surface area contributed by atoms with E-state index < -0.39 is 12.6 Å². The number of nitrogens with one attached hydrogen (secondary N) is 1. The second-order valence-corrected chi connectivity index (χ2v) is 7.44. The lowest BCUT2D eigenvalue weighted by molar-refractivity contribution is -0.136. The molecule has 8 nitrogen and oxygen atoms in total. The second kappa shape index (κ2) is 12.7. The van der Waals surface area contributed by atoms with E-state index in [2.05, 4.69) is 5.32 Å². The van der Waals surface area contributed by atoms with Gasteiger partial charge in [-0.1, -0.05) is 19.9 Å². The van der Waals surface area contributed by atoms with Gasteiger partial charge in [-0.05, 0) is 54.0 Å². The van der Waals surface area contributed by atoms with Crippen LogP contribution in [-0.4, -0.2) is 38.0 Å². The maximum Gasteiger partial charge on any atom is 0.331 e. The Hall–Kier alpha value is -4.12. The molecule has 2 rings (SSSR count). The Balaban J connectivity index is 1.87. The van der Waals surface area contributed by atoms with E-state index in [1.807, 2.05) is 19.9 Å². The maximum absolute atomic E-state index is 12.3. The molecule has 0 heterocycles. The Kier molecular flexibility index (Phi) is 9.65. The first-order valence-corrected chi connectivity index (χ1v) is 10.3. The fourth-order valence-electron chi connectivity index (χ4n) is 2.77. The van der Waals surface area contributed by atoms with E-state index in [4.69, 9.17) is 19.5 Å². The van der Waals surface area contributed by atoms with E-state index in [1.54, 1.807) is 42.5 Å². The summed E-state index contributed by atoms with van der Waals surface area (Å²) in [5.41, 5.74) is 1.61. The highest BCUT2D eigenvalue weighted by atomic mass is 16.5. The van der Waals surface area contributed by atoms with Crippen LogP contribution in [0.3, 0.4) is 0 Å². The predicted molar refractivity (Wildman–Crippen MR) is 123 cm³/mol. The predicted octanol–water partition coefficient (Wildman–Crippen LogP) is 4.02. The number of amides is 1. The third-order valence-corrected chi connectivity index (χ3v) is 4.32. The highest BCUT2D eigenvalue weighted by molar-refractivity contribution is 5.99. The molecule has 1 amide bonds. The minimum Gasteiger partial charge on any atom is -0.493 e. The molecule has 2 aromatic rings. The van der Waals surface area contributed by atoms with Crippen molar-refractivity contribution in [2.45, 2.75) is 20.3 Å². The molecule has 172 valence electrons. The Morgan fingerprint density at radius 1 is 1.09 bits per heavy atom. The summed E-state index contributed by atoms with van der Waals surface area (Å²) in [6.07, 6.45) is 3.12. The summed E-state index contributed by atoms with van der Waals surface area (Å²) in [5.74, 6) is -0.0528. The summed E-state index contributed by atoms with van der Waals surface area (Å²) in [6.45, 7) is 3.39. The van der Waals surface area contributed by atoms with Crippen LogP contribution in [0.4, 0.5) is 5.69 Å². The van der Waals surface area contributed by atoms with Crippen molar-refractivity contribution in [1.82, 2.24) is 0 Å². The Labute approximate surface area is 192 Å². The number of nitrogens with zero attached hydrogens (tertiary/aromatic N) is 1. The first-order valence-electron chi connectivity index (χ1n) is 10.3. The van der Waals surface area contributed by atoms with Crippen molar-refractivity contribution in [3.8, 4) is 17.6 Å². The van der Waals surface area contributed by atoms with Crippen LogP contribution in [0.15, 0.2) is 48.5 Å². The number of ketones is 1. The molecule has 0 fully saturated rings. The summed E-state index contributed by atoms with van der Waals surface area (Å²) in [4.78, 5) is 36.1. The zero-order chi connectivity index (χ0) is 24.2. The molecule has 0 aliphatic heterocycles. The van der Waals surface area contributed by atoms with Gasteiger partial charge >= 0.3 is 5.97 Å². The average Bonchev–Trinajstić information content (AvgIpc) is 2.79. The van der Waals surface area contributed by atoms with Gasteiger partial charge in [-0.2, -0.15) is 5.26 Å². The average molecular weight is 450 g/mol. The van der Waals surface area contributed by atoms with Crippen LogP contribution in [0.2, 0.25) is 0 Å². The normalized spacial score (nSPS) is 10.5. The van der Waals surface area contributed by atoms with Crippen LogP contribution in [0, 0.1) is 17.2 Å². The monoisotopic (exact) mass is 450 g/mol. The van der Waals surface area contributed by atoms with E-state index in [1.165, 1.54) is 19.3 Å². The molecule has 0 aliphatic rings. The quantitative estimate of drug-likeness (QED) is 0.312. The van der Waals surface area contributed by atoms with E-state index in [9.17, 15) is 14.4 Å². The van der Waals surface area contributed by atoms with Crippen molar-refractivity contribution in [2.24, 2.45) is 5.92 Å². The highest BCUT2D eigenvalue weighted by Gasteiger charge is 2.10. The summed E-state index contributed by atoms with van der Waals surface area (Å²) in [7, 11) is 1.47. The van der Waals surface area contributed by atoms with Crippen LogP contribution in [0.5, 0.6) is 11.5 Å². The molecular formula is C25H26N2O6. The number of carbonyl (C=O) groups excluding carboxylic acids is 3. The SMILES string of the molecule is COc1cc(/C=C/C(=O)OCC(=O)c2ccc(NC(=O)CC(C)C)cc2)ccc1OCC#N. The number of methoxy groups -OCH3 is 1. The van der Waals surface area contributed by atoms with Gasteiger partial charge in [0, 0.05) is 23.7 Å². The zero-order valence-corrected chi connectivity index (χ0v) is 18.8. The first kappa shape index (κ1) is 25.1. The minimum absolute atomic E-state index is 0.0910. The van der Waals surface area contributed by atoms with E-state index in [0.717, 1.165) is 0 Å². The topological polar surface area (TPSA) is 115 Å². The molecular weight excluding hydrogens is 424 g/mol. The number of carbonyl (C=O) groups is 3. The molecule has 0 radical (unpaired) electrons. The summed E-state index contributed by atoms with van der Waals surface area (Å²) < 4.78 is 15.5. The molecule has 0 bridgehead atoms. The number of Topliss-reactive ketones (excluding diaryl/α,β-unsaturated/α-hetero) is 1. The van der Waals surface area contributed by atoms with Crippen molar-refractivity contribution in [3.63, 3.8) is 0 Å². The van der Waals surface area contributed by atoms with Crippen LogP contribution in [-0.2, 0) is 14.3 Å². The van der Waals surface area contributed by atoms with Gasteiger partial charge in [0.25, 0.3) is 0 Å². The maximum atomic E-state index is 12.3. The summed E-state index contributed by atoms with van der Waals surface area (Å²) in [5, 5.41) is 11.4. The number of ether oxygens (including phenoxy) is 3. The first-order chi connectivity index (χ1) is 15.8.